The third-order valence-electron chi connectivity index (χ3n) is 3.27. The van der Waals surface area contributed by atoms with Crippen molar-refractivity contribution >= 4 is 17.5 Å². The Morgan fingerprint density at radius 1 is 1.26 bits per heavy atom. The molecule has 1 aromatic heterocycles. The van der Waals surface area contributed by atoms with Crippen molar-refractivity contribution in [3.05, 3.63) is 77.1 Å². The van der Waals surface area contributed by atoms with Gasteiger partial charge in [-0.15, -0.1) is 0 Å². The van der Waals surface area contributed by atoms with E-state index in [0.717, 1.165) is 17.3 Å². The molecule has 5 nitrogen and oxygen atoms in total. The van der Waals surface area contributed by atoms with Gasteiger partial charge in [0.2, 0.25) is 0 Å². The number of hydrogen-bond donors (Lipinski definition) is 1. The molecule has 0 radical (unpaired) electrons. The van der Waals surface area contributed by atoms with Crippen molar-refractivity contribution in [1.29, 1.82) is 0 Å². The van der Waals surface area contributed by atoms with Crippen molar-refractivity contribution in [2.75, 3.05) is 0 Å². The zero-order chi connectivity index (χ0) is 16.2. The van der Waals surface area contributed by atoms with Crippen LogP contribution in [0.5, 0.6) is 0 Å². The summed E-state index contributed by atoms with van der Waals surface area (Å²) in [5.74, 6) is -1.16. The van der Waals surface area contributed by atoms with E-state index in [4.69, 9.17) is 11.6 Å². The third kappa shape index (κ3) is 3.37. The summed E-state index contributed by atoms with van der Waals surface area (Å²) in [6, 6.07) is 11.4. The van der Waals surface area contributed by atoms with Gasteiger partial charge >= 0.3 is 0 Å². The smallest absolute Gasteiger partial charge is 0.254 e. The van der Waals surface area contributed by atoms with Gasteiger partial charge in [-0.05, 0) is 29.8 Å². The Balaban J connectivity index is 1.77. The molecule has 0 aliphatic heterocycles. The molecule has 0 saturated heterocycles. The lowest BCUT2D eigenvalue weighted by molar-refractivity contribution is 0.0947. The monoisotopic (exact) mass is 330 g/mol. The molecule has 0 fully saturated rings. The molecular formula is C16H12ClFN4O. The van der Waals surface area contributed by atoms with E-state index in [-0.39, 0.29) is 17.1 Å². The van der Waals surface area contributed by atoms with Crippen molar-refractivity contribution in [3.8, 4) is 5.69 Å². The lowest BCUT2D eigenvalue weighted by atomic mass is 10.1. The summed E-state index contributed by atoms with van der Waals surface area (Å²) in [5.41, 5.74) is 1.58. The number of halogens is 2. The van der Waals surface area contributed by atoms with E-state index in [9.17, 15) is 9.18 Å². The minimum atomic E-state index is -0.653. The van der Waals surface area contributed by atoms with E-state index in [2.05, 4.69) is 15.4 Å². The summed E-state index contributed by atoms with van der Waals surface area (Å²) in [6.07, 6.45) is 3.00. The van der Waals surface area contributed by atoms with Gasteiger partial charge in [0.1, 0.15) is 18.5 Å². The molecule has 3 aromatic rings. The van der Waals surface area contributed by atoms with Gasteiger partial charge in [-0.3, -0.25) is 4.79 Å². The molecule has 0 aliphatic carbocycles. The Morgan fingerprint density at radius 2 is 2.09 bits per heavy atom. The molecule has 2 aromatic carbocycles. The van der Waals surface area contributed by atoms with Gasteiger partial charge in [-0.1, -0.05) is 29.8 Å². The minimum absolute atomic E-state index is 0.0485. The highest BCUT2D eigenvalue weighted by Crippen LogP contribution is 2.16. The molecule has 1 amide bonds. The molecule has 0 bridgehead atoms. The molecule has 23 heavy (non-hydrogen) atoms. The second-order valence-electron chi connectivity index (χ2n) is 4.78. The molecule has 0 atom stereocenters. The normalized spacial score (nSPS) is 10.5. The van der Waals surface area contributed by atoms with Gasteiger partial charge < -0.3 is 5.32 Å². The maximum absolute atomic E-state index is 13.8. The lowest BCUT2D eigenvalue weighted by Crippen LogP contribution is -2.24. The SMILES string of the molecule is O=C(NCc1ccccc1-n1cncn1)c1ccc(Cl)cc1F. The first kappa shape index (κ1) is 15.2. The van der Waals surface area contributed by atoms with Crippen LogP contribution in [0.3, 0.4) is 0 Å². The number of nitrogens with one attached hydrogen (secondary N) is 1. The number of para-hydroxylation sites is 1. The fourth-order valence-corrected chi connectivity index (χ4v) is 2.32. The van der Waals surface area contributed by atoms with E-state index in [1.165, 1.54) is 18.5 Å². The Morgan fingerprint density at radius 3 is 2.83 bits per heavy atom. The van der Waals surface area contributed by atoms with Crippen molar-refractivity contribution in [1.82, 2.24) is 20.1 Å². The number of carbonyl (C=O) groups is 1. The van der Waals surface area contributed by atoms with Crippen LogP contribution in [-0.4, -0.2) is 20.7 Å². The average Bonchev–Trinajstić information content (AvgIpc) is 3.07. The maximum atomic E-state index is 13.8. The fourth-order valence-electron chi connectivity index (χ4n) is 2.16. The Hall–Kier alpha value is -2.73. The average molecular weight is 331 g/mol. The largest absolute Gasteiger partial charge is 0.348 e. The van der Waals surface area contributed by atoms with Gasteiger partial charge in [-0.25, -0.2) is 14.1 Å². The zero-order valence-corrected chi connectivity index (χ0v) is 12.7. The van der Waals surface area contributed by atoms with Crippen LogP contribution in [0.2, 0.25) is 5.02 Å². The van der Waals surface area contributed by atoms with E-state index in [1.807, 2.05) is 24.3 Å². The second kappa shape index (κ2) is 6.58. The van der Waals surface area contributed by atoms with Gasteiger partial charge in [0.05, 0.1) is 11.3 Å². The first-order chi connectivity index (χ1) is 11.1. The number of nitrogens with zero attached hydrogens (tertiary/aromatic N) is 3. The predicted molar refractivity (Wildman–Crippen MR) is 83.9 cm³/mol. The van der Waals surface area contributed by atoms with Crippen molar-refractivity contribution in [2.45, 2.75) is 6.54 Å². The number of aromatic nitrogens is 3. The van der Waals surface area contributed by atoms with Crippen LogP contribution in [0, 0.1) is 5.82 Å². The van der Waals surface area contributed by atoms with E-state index < -0.39 is 11.7 Å². The molecule has 0 aliphatic rings. The molecule has 7 heteroatoms. The molecular weight excluding hydrogens is 319 g/mol. The minimum Gasteiger partial charge on any atom is -0.348 e. The van der Waals surface area contributed by atoms with Gasteiger partial charge in [0.25, 0.3) is 5.91 Å². The molecule has 0 saturated carbocycles. The number of hydrogen-bond acceptors (Lipinski definition) is 3. The van der Waals surface area contributed by atoms with Gasteiger partial charge in [0, 0.05) is 11.6 Å². The maximum Gasteiger partial charge on any atom is 0.254 e. The van der Waals surface area contributed by atoms with Gasteiger partial charge in [-0.2, -0.15) is 5.10 Å². The highest BCUT2D eigenvalue weighted by Gasteiger charge is 2.13. The first-order valence-corrected chi connectivity index (χ1v) is 7.19. The first-order valence-electron chi connectivity index (χ1n) is 6.81. The highest BCUT2D eigenvalue weighted by atomic mass is 35.5. The molecule has 3 rings (SSSR count). The number of rotatable bonds is 4. The van der Waals surface area contributed by atoms with Crippen LogP contribution >= 0.6 is 11.6 Å². The number of amides is 1. The van der Waals surface area contributed by atoms with Crippen LogP contribution in [0.25, 0.3) is 5.69 Å². The van der Waals surface area contributed by atoms with E-state index in [0.29, 0.717) is 0 Å². The van der Waals surface area contributed by atoms with Gasteiger partial charge in [0.15, 0.2) is 0 Å². The molecule has 116 valence electrons. The topological polar surface area (TPSA) is 59.8 Å². The fraction of sp³-hybridized carbons (Fsp3) is 0.0625. The van der Waals surface area contributed by atoms with Crippen LogP contribution < -0.4 is 5.32 Å². The summed E-state index contributed by atoms with van der Waals surface area (Å²) in [6.45, 7) is 0.233. The summed E-state index contributed by atoms with van der Waals surface area (Å²) >= 11 is 5.69. The van der Waals surface area contributed by atoms with Crippen LogP contribution in [0.1, 0.15) is 15.9 Å². The van der Waals surface area contributed by atoms with Crippen LogP contribution in [0.4, 0.5) is 4.39 Å². The van der Waals surface area contributed by atoms with Crippen LogP contribution in [0.15, 0.2) is 55.1 Å². The van der Waals surface area contributed by atoms with E-state index >= 15 is 0 Å². The number of carbonyl (C=O) groups excluding carboxylic acids is 1. The van der Waals surface area contributed by atoms with Crippen molar-refractivity contribution in [3.63, 3.8) is 0 Å². The van der Waals surface area contributed by atoms with Crippen LogP contribution in [-0.2, 0) is 6.54 Å². The second-order valence-corrected chi connectivity index (χ2v) is 5.21. The zero-order valence-electron chi connectivity index (χ0n) is 11.9. The summed E-state index contributed by atoms with van der Waals surface area (Å²) < 4.78 is 15.4. The Labute approximate surface area is 136 Å². The third-order valence-corrected chi connectivity index (χ3v) is 3.51. The Bertz CT molecular complexity index is 836. The highest BCUT2D eigenvalue weighted by molar-refractivity contribution is 6.30. The molecule has 0 spiro atoms. The summed E-state index contributed by atoms with van der Waals surface area (Å²) in [4.78, 5) is 16.0. The molecule has 0 unspecified atom stereocenters. The van der Waals surface area contributed by atoms with Crippen molar-refractivity contribution < 1.29 is 9.18 Å². The predicted octanol–water partition coefficient (Wildman–Crippen LogP) is 2.99. The Kier molecular flexibility index (Phi) is 4.34. The molecule has 1 heterocycles. The van der Waals surface area contributed by atoms with Crippen molar-refractivity contribution in [2.24, 2.45) is 0 Å². The summed E-state index contributed by atoms with van der Waals surface area (Å²) in [7, 11) is 0. The summed E-state index contributed by atoms with van der Waals surface area (Å²) in [5, 5.41) is 7.01. The number of benzene rings is 2. The quantitative estimate of drug-likeness (QED) is 0.800. The van der Waals surface area contributed by atoms with E-state index in [1.54, 1.807) is 11.0 Å². The lowest BCUT2D eigenvalue weighted by Gasteiger charge is -2.10. The molecule has 1 N–H and O–H groups in total. The standard InChI is InChI=1S/C16H12ClFN4O/c17-12-5-6-13(14(18)7-12)16(23)20-8-11-3-1-2-4-15(11)22-10-19-9-21-22/h1-7,9-10H,8H2,(H,20,23).